The highest BCUT2D eigenvalue weighted by Crippen LogP contribution is 2.43. The molecule has 0 radical (unpaired) electrons. The van der Waals surface area contributed by atoms with Crippen LogP contribution in [0.25, 0.3) is 0 Å². The molecule has 3 rings (SSSR count). The summed E-state index contributed by atoms with van der Waals surface area (Å²) in [5.74, 6) is -7.40. The fraction of sp³-hybridized carbons (Fsp3) is 0.214. The molecule has 130 valence electrons. The Balaban J connectivity index is 2.07. The van der Waals surface area contributed by atoms with Crippen LogP contribution in [0.4, 0.5) is 17.6 Å². The molecule has 3 aromatic rings. The molecule has 2 heterocycles. The first-order chi connectivity index (χ1) is 11.9. The number of halogens is 5. The number of aromatic nitrogens is 6. The molecule has 1 atom stereocenters. The lowest BCUT2D eigenvalue weighted by molar-refractivity contribution is -0.0458. The van der Waals surface area contributed by atoms with Crippen molar-refractivity contribution in [2.24, 2.45) is 0 Å². The van der Waals surface area contributed by atoms with Gasteiger partial charge in [-0.05, 0) is 22.1 Å². The van der Waals surface area contributed by atoms with Crippen molar-refractivity contribution in [1.29, 1.82) is 0 Å². The predicted octanol–water partition coefficient (Wildman–Crippen LogP) is 2.97. The van der Waals surface area contributed by atoms with Gasteiger partial charge in [-0.15, -0.1) is 5.10 Å². The van der Waals surface area contributed by atoms with E-state index in [1.54, 1.807) is 0 Å². The summed E-state index contributed by atoms with van der Waals surface area (Å²) in [7, 11) is 0. The maximum absolute atomic E-state index is 15.0. The number of rotatable bonds is 5. The largest absolute Gasteiger partial charge is 0.299 e. The third-order valence-corrected chi connectivity index (χ3v) is 3.69. The maximum Gasteiger partial charge on any atom is 0.299 e. The molecule has 0 bridgehead atoms. The minimum Gasteiger partial charge on any atom is -0.250 e. The Bertz CT molecular complexity index is 856. The van der Waals surface area contributed by atoms with Crippen LogP contribution >= 0.6 is 11.6 Å². The van der Waals surface area contributed by atoms with Gasteiger partial charge in [0.2, 0.25) is 0 Å². The average molecular weight is 373 g/mol. The van der Waals surface area contributed by atoms with Gasteiger partial charge < -0.3 is 0 Å². The molecule has 1 aromatic carbocycles. The molecular weight excluding hydrogens is 364 g/mol. The quantitative estimate of drug-likeness (QED) is 0.644. The zero-order valence-corrected chi connectivity index (χ0v) is 13.1. The van der Waals surface area contributed by atoms with Gasteiger partial charge in [0, 0.05) is 6.07 Å². The Labute approximate surface area is 143 Å². The van der Waals surface area contributed by atoms with E-state index >= 15 is 8.78 Å². The van der Waals surface area contributed by atoms with E-state index in [2.05, 4.69) is 25.5 Å². The van der Waals surface area contributed by atoms with Crippen LogP contribution in [0.3, 0.4) is 0 Å². The molecule has 2 aromatic heterocycles. The second-order valence-corrected chi connectivity index (χ2v) is 5.48. The molecule has 11 heteroatoms. The molecule has 0 amide bonds. The molecule has 0 saturated carbocycles. The topological polar surface area (TPSA) is 69.4 Å². The summed E-state index contributed by atoms with van der Waals surface area (Å²) in [4.78, 5) is 7.15. The van der Waals surface area contributed by atoms with Crippen LogP contribution in [0, 0.1) is 11.6 Å². The molecule has 0 N–H and O–H groups in total. The van der Waals surface area contributed by atoms with E-state index in [4.69, 9.17) is 11.6 Å². The lowest BCUT2D eigenvalue weighted by Crippen LogP contribution is -2.30. The van der Waals surface area contributed by atoms with Crippen molar-refractivity contribution < 1.29 is 17.6 Å². The van der Waals surface area contributed by atoms with Crippen molar-refractivity contribution in [3.63, 3.8) is 0 Å². The van der Waals surface area contributed by atoms with E-state index < -0.39 is 41.3 Å². The summed E-state index contributed by atoms with van der Waals surface area (Å²) in [5, 5.41) is 10.2. The molecule has 0 aliphatic heterocycles. The first kappa shape index (κ1) is 17.2. The van der Waals surface area contributed by atoms with Crippen LogP contribution in [0.2, 0.25) is 5.15 Å². The Morgan fingerprint density at radius 3 is 2.56 bits per heavy atom. The van der Waals surface area contributed by atoms with Crippen LogP contribution in [0.1, 0.15) is 17.2 Å². The fourth-order valence-corrected chi connectivity index (χ4v) is 2.40. The average Bonchev–Trinajstić information content (AvgIpc) is 3.07. The lowest BCUT2D eigenvalue weighted by atomic mass is 9.90. The van der Waals surface area contributed by atoms with Crippen LogP contribution in [0.5, 0.6) is 0 Å². The predicted molar refractivity (Wildman–Crippen MR) is 77.9 cm³/mol. The van der Waals surface area contributed by atoms with E-state index in [9.17, 15) is 8.78 Å². The van der Waals surface area contributed by atoms with Gasteiger partial charge in [-0.1, -0.05) is 17.7 Å². The zero-order valence-electron chi connectivity index (χ0n) is 12.3. The summed E-state index contributed by atoms with van der Waals surface area (Å²) in [6.45, 7) is -0.465. The number of hydrogen-bond donors (Lipinski definition) is 0. The second-order valence-electron chi connectivity index (χ2n) is 5.10. The van der Waals surface area contributed by atoms with E-state index in [1.807, 2.05) is 0 Å². The van der Waals surface area contributed by atoms with Crippen LogP contribution in [0.15, 0.2) is 36.9 Å². The highest BCUT2D eigenvalue weighted by Gasteiger charge is 2.45. The molecule has 0 aliphatic rings. The molecule has 0 saturated heterocycles. The lowest BCUT2D eigenvalue weighted by Gasteiger charge is -2.26. The third-order valence-electron chi connectivity index (χ3n) is 3.50. The third kappa shape index (κ3) is 3.58. The zero-order chi connectivity index (χ0) is 18.0. The molecular formula is C14H9ClF4N6. The van der Waals surface area contributed by atoms with Crippen molar-refractivity contribution in [1.82, 2.24) is 30.2 Å². The van der Waals surface area contributed by atoms with E-state index in [-0.39, 0.29) is 5.15 Å². The monoisotopic (exact) mass is 372 g/mol. The fourth-order valence-electron chi connectivity index (χ4n) is 2.31. The minimum atomic E-state index is -3.65. The van der Waals surface area contributed by atoms with E-state index in [0.29, 0.717) is 6.07 Å². The standard InChI is InChI=1S/C14H9ClF4N6/c15-13-5-20-12(4-21-13)14(18,19)10(6-25-7-22-23-24-25)9-2-1-8(16)3-11(9)17/h1-5,7,10H,6H2. The molecule has 6 nitrogen and oxygen atoms in total. The molecule has 0 fully saturated rings. The number of tetrazole rings is 1. The van der Waals surface area contributed by atoms with Gasteiger partial charge in [0.05, 0.1) is 24.9 Å². The number of nitrogens with zero attached hydrogens (tertiary/aromatic N) is 6. The van der Waals surface area contributed by atoms with Crippen LogP contribution < -0.4 is 0 Å². The Morgan fingerprint density at radius 2 is 1.96 bits per heavy atom. The van der Waals surface area contributed by atoms with Gasteiger partial charge in [-0.25, -0.2) is 18.4 Å². The van der Waals surface area contributed by atoms with Crippen LogP contribution in [-0.2, 0) is 12.5 Å². The molecule has 0 spiro atoms. The first-order valence-electron chi connectivity index (χ1n) is 6.89. The minimum absolute atomic E-state index is 0.0652. The summed E-state index contributed by atoms with van der Waals surface area (Å²) >= 11 is 5.57. The van der Waals surface area contributed by atoms with Gasteiger partial charge >= 0.3 is 0 Å². The Morgan fingerprint density at radius 1 is 1.16 bits per heavy atom. The molecule has 1 unspecified atom stereocenters. The maximum atomic E-state index is 15.0. The van der Waals surface area contributed by atoms with Gasteiger partial charge in [0.25, 0.3) is 5.92 Å². The molecule has 25 heavy (non-hydrogen) atoms. The summed E-state index contributed by atoms with van der Waals surface area (Å²) in [6.07, 6.45) is 2.87. The van der Waals surface area contributed by atoms with E-state index in [0.717, 1.165) is 35.5 Å². The summed E-state index contributed by atoms with van der Waals surface area (Å²) in [6, 6.07) is 2.39. The smallest absolute Gasteiger partial charge is 0.250 e. The summed E-state index contributed by atoms with van der Waals surface area (Å²) < 4.78 is 58.4. The van der Waals surface area contributed by atoms with E-state index in [1.165, 1.54) is 0 Å². The molecule has 0 aliphatic carbocycles. The number of hydrogen-bond acceptors (Lipinski definition) is 5. The number of alkyl halides is 2. The van der Waals surface area contributed by atoms with Gasteiger partial charge in [-0.3, -0.25) is 4.98 Å². The van der Waals surface area contributed by atoms with Crippen molar-refractivity contribution in [3.8, 4) is 0 Å². The SMILES string of the molecule is Fc1ccc(C(Cn2cnnn2)C(F)(F)c2cnc(Cl)cn2)c(F)c1. The number of benzene rings is 1. The van der Waals surface area contributed by atoms with Gasteiger partial charge in [0.1, 0.15) is 28.8 Å². The normalized spacial score (nSPS) is 13.0. The second kappa shape index (κ2) is 6.71. The van der Waals surface area contributed by atoms with Crippen molar-refractivity contribution >= 4 is 11.6 Å². The van der Waals surface area contributed by atoms with Crippen molar-refractivity contribution in [3.05, 3.63) is 65.0 Å². The first-order valence-corrected chi connectivity index (χ1v) is 7.27. The van der Waals surface area contributed by atoms with Crippen LogP contribution in [-0.4, -0.2) is 30.2 Å². The van der Waals surface area contributed by atoms with Crippen molar-refractivity contribution in [2.45, 2.75) is 18.4 Å². The highest BCUT2D eigenvalue weighted by atomic mass is 35.5. The Hall–Kier alpha value is -2.62. The van der Waals surface area contributed by atoms with Crippen molar-refractivity contribution in [2.75, 3.05) is 0 Å². The van der Waals surface area contributed by atoms with Gasteiger partial charge in [-0.2, -0.15) is 8.78 Å². The summed E-state index contributed by atoms with van der Waals surface area (Å²) in [5.41, 5.74) is -1.11. The Kier molecular flexibility index (Phi) is 4.62. The van der Waals surface area contributed by atoms with Gasteiger partial charge in [0.15, 0.2) is 0 Å². The highest BCUT2D eigenvalue weighted by molar-refractivity contribution is 6.29.